The number of nitrogens with zero attached hydrogens (tertiary/aromatic N) is 2. The second-order valence-corrected chi connectivity index (χ2v) is 4.22. The minimum atomic E-state index is 0.539. The summed E-state index contributed by atoms with van der Waals surface area (Å²) in [6.45, 7) is 1.19. The van der Waals surface area contributed by atoms with Crippen LogP contribution in [-0.2, 0) is 0 Å². The van der Waals surface area contributed by atoms with Gasteiger partial charge < -0.3 is 4.42 Å². The van der Waals surface area contributed by atoms with Gasteiger partial charge in [-0.05, 0) is 44.1 Å². The Morgan fingerprint density at radius 1 is 1.53 bits per heavy atom. The zero-order valence-corrected chi connectivity index (χ0v) is 8.81. The Kier molecular flexibility index (Phi) is 1.99. The number of hydrogen-bond donors (Lipinski definition) is 0. The molecule has 1 fully saturated rings. The summed E-state index contributed by atoms with van der Waals surface area (Å²) in [5.74, 6) is 0. The summed E-state index contributed by atoms with van der Waals surface area (Å²) in [5, 5.41) is 1.10. The van der Waals surface area contributed by atoms with Crippen LogP contribution < -0.4 is 0 Å². The fraction of sp³-hybridized carbons (Fsp3) is 0.417. The zero-order chi connectivity index (χ0) is 10.3. The van der Waals surface area contributed by atoms with E-state index in [9.17, 15) is 0 Å². The Morgan fingerprint density at radius 3 is 3.27 bits per heavy atom. The van der Waals surface area contributed by atoms with Crippen LogP contribution in [0.4, 0.5) is 0 Å². The standard InChI is InChI=1S/C12H14N2O/c1-14-5-2-3-11(14)10-7-9-4-6-15-12(9)13-8-10/h4,6-8,11H,2-3,5H2,1H3/t11-/m0/s1. The van der Waals surface area contributed by atoms with Crippen molar-refractivity contribution in [2.24, 2.45) is 0 Å². The number of likely N-dealkylation sites (tertiary alicyclic amines) is 1. The van der Waals surface area contributed by atoms with Gasteiger partial charge in [-0.2, -0.15) is 0 Å². The normalized spacial score (nSPS) is 22.6. The molecule has 0 bridgehead atoms. The van der Waals surface area contributed by atoms with E-state index < -0.39 is 0 Å². The van der Waals surface area contributed by atoms with Crippen molar-refractivity contribution in [2.45, 2.75) is 18.9 Å². The summed E-state index contributed by atoms with van der Waals surface area (Å²) in [7, 11) is 2.18. The number of rotatable bonds is 1. The maximum Gasteiger partial charge on any atom is 0.225 e. The van der Waals surface area contributed by atoms with E-state index in [0.717, 1.165) is 11.1 Å². The molecule has 0 radical (unpaired) electrons. The van der Waals surface area contributed by atoms with Crippen LogP contribution in [0.25, 0.3) is 11.1 Å². The summed E-state index contributed by atoms with van der Waals surface area (Å²) < 4.78 is 5.24. The van der Waals surface area contributed by atoms with Crippen molar-refractivity contribution in [1.29, 1.82) is 0 Å². The SMILES string of the molecule is CN1CCC[C@H]1c1cnc2occc2c1. The molecule has 0 saturated carbocycles. The van der Waals surface area contributed by atoms with E-state index in [4.69, 9.17) is 4.42 Å². The van der Waals surface area contributed by atoms with Gasteiger partial charge in [-0.1, -0.05) is 0 Å². The number of pyridine rings is 1. The van der Waals surface area contributed by atoms with Crippen LogP contribution in [0.5, 0.6) is 0 Å². The van der Waals surface area contributed by atoms with Gasteiger partial charge >= 0.3 is 0 Å². The van der Waals surface area contributed by atoms with Gasteiger partial charge in [0.1, 0.15) is 0 Å². The summed E-state index contributed by atoms with van der Waals surface area (Å²) in [4.78, 5) is 6.72. The largest absolute Gasteiger partial charge is 0.446 e. The molecule has 3 rings (SSSR count). The quantitative estimate of drug-likeness (QED) is 0.711. The van der Waals surface area contributed by atoms with E-state index in [-0.39, 0.29) is 0 Å². The predicted octanol–water partition coefficient (Wildman–Crippen LogP) is 2.59. The Balaban J connectivity index is 2.03. The molecule has 1 atom stereocenters. The lowest BCUT2D eigenvalue weighted by atomic mass is 10.1. The van der Waals surface area contributed by atoms with Gasteiger partial charge in [-0.15, -0.1) is 0 Å². The highest BCUT2D eigenvalue weighted by Gasteiger charge is 2.22. The van der Waals surface area contributed by atoms with Crippen LogP contribution in [0.2, 0.25) is 0 Å². The van der Waals surface area contributed by atoms with Crippen LogP contribution >= 0.6 is 0 Å². The molecule has 3 heteroatoms. The van der Waals surface area contributed by atoms with Crippen LogP contribution in [0, 0.1) is 0 Å². The summed E-state index contributed by atoms with van der Waals surface area (Å²) in [5.41, 5.74) is 2.04. The van der Waals surface area contributed by atoms with E-state index in [1.54, 1.807) is 6.26 Å². The molecule has 3 heterocycles. The molecule has 1 aliphatic heterocycles. The molecular formula is C12H14N2O. The maximum absolute atomic E-state index is 5.24. The Hall–Kier alpha value is -1.35. The fourth-order valence-electron chi connectivity index (χ4n) is 2.39. The summed E-state index contributed by atoms with van der Waals surface area (Å²) >= 11 is 0. The molecule has 0 unspecified atom stereocenters. The number of fused-ring (bicyclic) bond motifs is 1. The monoisotopic (exact) mass is 202 g/mol. The third kappa shape index (κ3) is 1.43. The molecule has 15 heavy (non-hydrogen) atoms. The van der Waals surface area contributed by atoms with Crippen LogP contribution in [-0.4, -0.2) is 23.5 Å². The first-order valence-electron chi connectivity index (χ1n) is 5.38. The zero-order valence-electron chi connectivity index (χ0n) is 8.81. The average Bonchev–Trinajstić information content (AvgIpc) is 2.84. The summed E-state index contributed by atoms with van der Waals surface area (Å²) in [6.07, 6.45) is 6.16. The Labute approximate surface area is 88.7 Å². The molecule has 2 aromatic heterocycles. The number of hydrogen-bond acceptors (Lipinski definition) is 3. The van der Waals surface area contributed by atoms with E-state index >= 15 is 0 Å². The van der Waals surface area contributed by atoms with Gasteiger partial charge in [-0.25, -0.2) is 4.98 Å². The number of furan rings is 1. The first kappa shape index (κ1) is 8.92. The van der Waals surface area contributed by atoms with E-state index in [1.165, 1.54) is 24.9 Å². The molecule has 0 aliphatic carbocycles. The second-order valence-electron chi connectivity index (χ2n) is 4.22. The molecule has 2 aromatic rings. The predicted molar refractivity (Wildman–Crippen MR) is 58.6 cm³/mol. The highest BCUT2D eigenvalue weighted by Crippen LogP contribution is 2.31. The van der Waals surface area contributed by atoms with Crippen LogP contribution in [0.1, 0.15) is 24.4 Å². The number of aromatic nitrogens is 1. The third-order valence-electron chi connectivity index (χ3n) is 3.23. The van der Waals surface area contributed by atoms with Crippen molar-refractivity contribution in [3.05, 3.63) is 30.2 Å². The van der Waals surface area contributed by atoms with Crippen molar-refractivity contribution in [1.82, 2.24) is 9.88 Å². The molecule has 0 spiro atoms. The summed E-state index contributed by atoms with van der Waals surface area (Å²) in [6, 6.07) is 4.70. The van der Waals surface area contributed by atoms with Crippen molar-refractivity contribution < 1.29 is 4.42 Å². The third-order valence-corrected chi connectivity index (χ3v) is 3.23. The van der Waals surface area contributed by atoms with Gasteiger partial charge in [-0.3, -0.25) is 4.90 Å². The van der Waals surface area contributed by atoms with Gasteiger partial charge in [0.05, 0.1) is 6.26 Å². The van der Waals surface area contributed by atoms with Crippen molar-refractivity contribution in [3.63, 3.8) is 0 Å². The van der Waals surface area contributed by atoms with E-state index in [1.807, 2.05) is 12.3 Å². The molecule has 3 nitrogen and oxygen atoms in total. The smallest absolute Gasteiger partial charge is 0.225 e. The first-order chi connectivity index (χ1) is 7.34. The van der Waals surface area contributed by atoms with Crippen molar-refractivity contribution in [2.75, 3.05) is 13.6 Å². The van der Waals surface area contributed by atoms with E-state index in [2.05, 4.69) is 23.0 Å². The lowest BCUT2D eigenvalue weighted by Gasteiger charge is -2.19. The first-order valence-corrected chi connectivity index (χ1v) is 5.38. The second kappa shape index (κ2) is 3.35. The molecule has 1 saturated heterocycles. The minimum Gasteiger partial charge on any atom is -0.446 e. The lowest BCUT2D eigenvalue weighted by Crippen LogP contribution is -2.17. The van der Waals surface area contributed by atoms with Gasteiger partial charge in [0.2, 0.25) is 5.71 Å². The topological polar surface area (TPSA) is 29.3 Å². The van der Waals surface area contributed by atoms with Gasteiger partial charge in [0.15, 0.2) is 0 Å². The Bertz CT molecular complexity index is 477. The molecule has 0 amide bonds. The maximum atomic E-state index is 5.24. The lowest BCUT2D eigenvalue weighted by molar-refractivity contribution is 0.317. The Morgan fingerprint density at radius 2 is 2.47 bits per heavy atom. The van der Waals surface area contributed by atoms with Crippen molar-refractivity contribution in [3.8, 4) is 0 Å². The minimum absolute atomic E-state index is 0.539. The van der Waals surface area contributed by atoms with Crippen molar-refractivity contribution >= 4 is 11.1 Å². The molecule has 0 N–H and O–H groups in total. The highest BCUT2D eigenvalue weighted by molar-refractivity contribution is 5.73. The fourth-order valence-corrected chi connectivity index (χ4v) is 2.39. The van der Waals surface area contributed by atoms with Gasteiger partial charge in [0.25, 0.3) is 0 Å². The van der Waals surface area contributed by atoms with Crippen LogP contribution in [0.15, 0.2) is 29.0 Å². The highest BCUT2D eigenvalue weighted by atomic mass is 16.3. The molecular weight excluding hydrogens is 188 g/mol. The molecule has 0 aromatic carbocycles. The molecule has 78 valence electrons. The molecule has 1 aliphatic rings. The van der Waals surface area contributed by atoms with Gasteiger partial charge in [0, 0.05) is 17.6 Å². The average molecular weight is 202 g/mol. The van der Waals surface area contributed by atoms with E-state index in [0.29, 0.717) is 6.04 Å². The van der Waals surface area contributed by atoms with Crippen LogP contribution in [0.3, 0.4) is 0 Å².